The minimum absolute atomic E-state index is 0.300. The topological polar surface area (TPSA) is 43.6 Å². The second-order valence-corrected chi connectivity index (χ2v) is 5.01. The lowest BCUT2D eigenvalue weighted by Gasteiger charge is -2.08. The molecule has 1 aromatic carbocycles. The standard InChI is InChI=1S/C11H13BrN4/c1-7(2)11-13-14-15-16(11)10-5-8(3)4-9(12)6-10/h4-7H,1-3H3. The molecular formula is C11H13BrN4. The lowest BCUT2D eigenvalue weighted by atomic mass is 10.2. The normalized spacial score (nSPS) is 11.1. The van der Waals surface area contributed by atoms with Crippen LogP contribution >= 0.6 is 15.9 Å². The first-order valence-corrected chi connectivity index (χ1v) is 5.93. The van der Waals surface area contributed by atoms with Crippen molar-refractivity contribution in [3.63, 3.8) is 0 Å². The highest BCUT2D eigenvalue weighted by Gasteiger charge is 2.12. The van der Waals surface area contributed by atoms with E-state index in [0.29, 0.717) is 5.92 Å². The van der Waals surface area contributed by atoms with Gasteiger partial charge in [0.05, 0.1) is 5.69 Å². The van der Waals surface area contributed by atoms with Crippen LogP contribution in [0.1, 0.15) is 31.2 Å². The van der Waals surface area contributed by atoms with E-state index in [2.05, 4.69) is 57.4 Å². The smallest absolute Gasteiger partial charge is 0.159 e. The summed E-state index contributed by atoms with van der Waals surface area (Å²) in [6.45, 7) is 6.20. The van der Waals surface area contributed by atoms with Crippen LogP contribution in [0.25, 0.3) is 5.69 Å². The highest BCUT2D eigenvalue weighted by molar-refractivity contribution is 9.10. The fourth-order valence-electron chi connectivity index (χ4n) is 1.58. The van der Waals surface area contributed by atoms with Crippen LogP contribution in [0.5, 0.6) is 0 Å². The van der Waals surface area contributed by atoms with Gasteiger partial charge in [0, 0.05) is 10.4 Å². The number of hydrogen-bond acceptors (Lipinski definition) is 3. The van der Waals surface area contributed by atoms with Crippen LogP contribution in [0.4, 0.5) is 0 Å². The fraction of sp³-hybridized carbons (Fsp3) is 0.364. The van der Waals surface area contributed by atoms with E-state index < -0.39 is 0 Å². The summed E-state index contributed by atoms with van der Waals surface area (Å²) < 4.78 is 2.82. The molecule has 0 fully saturated rings. The van der Waals surface area contributed by atoms with E-state index in [1.54, 1.807) is 4.68 Å². The van der Waals surface area contributed by atoms with Crippen LogP contribution in [-0.2, 0) is 0 Å². The minimum Gasteiger partial charge on any atom is -0.197 e. The maximum Gasteiger partial charge on any atom is 0.159 e. The Hall–Kier alpha value is -1.23. The third-order valence-corrected chi connectivity index (χ3v) is 2.74. The Labute approximate surface area is 103 Å². The molecule has 5 heteroatoms. The fourth-order valence-corrected chi connectivity index (χ4v) is 2.17. The van der Waals surface area contributed by atoms with Crippen LogP contribution in [0.2, 0.25) is 0 Å². The van der Waals surface area contributed by atoms with Gasteiger partial charge in [-0.15, -0.1) is 5.10 Å². The second kappa shape index (κ2) is 4.33. The Morgan fingerprint density at radius 1 is 1.25 bits per heavy atom. The van der Waals surface area contributed by atoms with Gasteiger partial charge in [0.25, 0.3) is 0 Å². The highest BCUT2D eigenvalue weighted by Crippen LogP contribution is 2.20. The van der Waals surface area contributed by atoms with Crippen molar-refractivity contribution in [1.29, 1.82) is 0 Å². The zero-order chi connectivity index (χ0) is 11.7. The van der Waals surface area contributed by atoms with Crippen molar-refractivity contribution in [2.24, 2.45) is 0 Å². The summed E-state index contributed by atoms with van der Waals surface area (Å²) >= 11 is 3.48. The summed E-state index contributed by atoms with van der Waals surface area (Å²) in [6.07, 6.45) is 0. The molecule has 0 aliphatic rings. The van der Waals surface area contributed by atoms with Crippen LogP contribution in [-0.4, -0.2) is 20.2 Å². The summed E-state index contributed by atoms with van der Waals surface area (Å²) in [4.78, 5) is 0. The number of tetrazole rings is 1. The zero-order valence-corrected chi connectivity index (χ0v) is 11.1. The molecule has 0 atom stereocenters. The Kier molecular flexibility index (Phi) is 3.05. The second-order valence-electron chi connectivity index (χ2n) is 4.09. The van der Waals surface area contributed by atoms with Gasteiger partial charge in [-0.2, -0.15) is 4.68 Å². The first-order valence-electron chi connectivity index (χ1n) is 5.14. The molecule has 4 nitrogen and oxygen atoms in total. The quantitative estimate of drug-likeness (QED) is 0.850. The lowest BCUT2D eigenvalue weighted by molar-refractivity contribution is 0.709. The molecule has 0 aliphatic carbocycles. The molecule has 0 spiro atoms. The number of aromatic nitrogens is 4. The third kappa shape index (κ3) is 2.14. The van der Waals surface area contributed by atoms with Crippen LogP contribution in [0.3, 0.4) is 0 Å². The van der Waals surface area contributed by atoms with Gasteiger partial charge >= 0.3 is 0 Å². The van der Waals surface area contributed by atoms with Crippen LogP contribution in [0, 0.1) is 6.92 Å². The van der Waals surface area contributed by atoms with Gasteiger partial charge in [-0.25, -0.2) is 0 Å². The van der Waals surface area contributed by atoms with Gasteiger partial charge in [-0.1, -0.05) is 29.8 Å². The molecule has 0 N–H and O–H groups in total. The van der Waals surface area contributed by atoms with Crippen molar-refractivity contribution >= 4 is 15.9 Å². The van der Waals surface area contributed by atoms with E-state index in [1.165, 1.54) is 5.56 Å². The first kappa shape index (κ1) is 11.3. The molecule has 1 aromatic heterocycles. The first-order chi connectivity index (χ1) is 7.58. The maximum absolute atomic E-state index is 4.04. The molecule has 0 aliphatic heterocycles. The SMILES string of the molecule is Cc1cc(Br)cc(-n2nnnc2C(C)C)c1. The van der Waals surface area contributed by atoms with E-state index in [0.717, 1.165) is 16.0 Å². The molecule has 0 amide bonds. The summed E-state index contributed by atoms with van der Waals surface area (Å²) in [5.74, 6) is 1.17. The Morgan fingerprint density at radius 2 is 2.00 bits per heavy atom. The summed E-state index contributed by atoms with van der Waals surface area (Å²) in [5.41, 5.74) is 2.16. The summed E-state index contributed by atoms with van der Waals surface area (Å²) in [6, 6.07) is 6.13. The molecule has 0 unspecified atom stereocenters. The van der Waals surface area contributed by atoms with Gasteiger partial charge in [0.15, 0.2) is 5.82 Å². The van der Waals surface area contributed by atoms with Crippen molar-refractivity contribution in [2.75, 3.05) is 0 Å². The van der Waals surface area contributed by atoms with Gasteiger partial charge in [-0.05, 0) is 41.1 Å². The van der Waals surface area contributed by atoms with Crippen molar-refractivity contribution in [3.8, 4) is 5.69 Å². The molecule has 0 saturated carbocycles. The summed E-state index contributed by atoms with van der Waals surface area (Å²) in [5, 5.41) is 11.8. The van der Waals surface area contributed by atoms with Crippen molar-refractivity contribution in [3.05, 3.63) is 34.1 Å². The molecule has 0 saturated heterocycles. The maximum atomic E-state index is 4.04. The molecule has 2 aromatic rings. The van der Waals surface area contributed by atoms with Gasteiger partial charge in [0.1, 0.15) is 0 Å². The number of hydrogen-bond donors (Lipinski definition) is 0. The van der Waals surface area contributed by atoms with E-state index in [1.807, 2.05) is 13.0 Å². The minimum atomic E-state index is 0.300. The van der Waals surface area contributed by atoms with E-state index in [4.69, 9.17) is 0 Å². The number of rotatable bonds is 2. The molecule has 0 radical (unpaired) electrons. The average Bonchev–Trinajstić information content (AvgIpc) is 2.63. The Balaban J connectivity index is 2.54. The third-order valence-electron chi connectivity index (χ3n) is 2.28. The van der Waals surface area contributed by atoms with Gasteiger partial charge in [0.2, 0.25) is 0 Å². The van der Waals surface area contributed by atoms with E-state index in [9.17, 15) is 0 Å². The highest BCUT2D eigenvalue weighted by atomic mass is 79.9. The van der Waals surface area contributed by atoms with Crippen molar-refractivity contribution < 1.29 is 0 Å². The summed E-state index contributed by atoms with van der Waals surface area (Å²) in [7, 11) is 0. The Bertz CT molecular complexity index is 484. The van der Waals surface area contributed by atoms with Crippen molar-refractivity contribution in [2.45, 2.75) is 26.7 Å². The predicted octanol–water partition coefficient (Wildman–Crippen LogP) is 2.86. The number of aryl methyl sites for hydroxylation is 1. The molecule has 16 heavy (non-hydrogen) atoms. The van der Waals surface area contributed by atoms with Crippen LogP contribution in [0.15, 0.2) is 22.7 Å². The monoisotopic (exact) mass is 280 g/mol. The average molecular weight is 281 g/mol. The predicted molar refractivity (Wildman–Crippen MR) is 65.7 cm³/mol. The number of nitrogens with zero attached hydrogens (tertiary/aromatic N) is 4. The molecular weight excluding hydrogens is 268 g/mol. The molecule has 1 heterocycles. The lowest BCUT2D eigenvalue weighted by Crippen LogP contribution is -2.05. The molecule has 0 bridgehead atoms. The number of halogens is 1. The van der Waals surface area contributed by atoms with Crippen molar-refractivity contribution in [1.82, 2.24) is 20.2 Å². The largest absolute Gasteiger partial charge is 0.197 e. The van der Waals surface area contributed by atoms with Gasteiger partial charge < -0.3 is 0 Å². The van der Waals surface area contributed by atoms with E-state index >= 15 is 0 Å². The number of benzene rings is 1. The zero-order valence-electron chi connectivity index (χ0n) is 9.48. The van der Waals surface area contributed by atoms with Crippen LogP contribution < -0.4 is 0 Å². The Morgan fingerprint density at radius 3 is 2.62 bits per heavy atom. The van der Waals surface area contributed by atoms with E-state index in [-0.39, 0.29) is 0 Å². The van der Waals surface area contributed by atoms with Gasteiger partial charge in [-0.3, -0.25) is 0 Å². The molecule has 2 rings (SSSR count). The molecule has 84 valence electrons.